The van der Waals surface area contributed by atoms with Crippen molar-refractivity contribution >= 4 is 23.6 Å². The average Bonchev–Trinajstić information content (AvgIpc) is 2.77. The van der Waals surface area contributed by atoms with Crippen molar-refractivity contribution in [2.24, 2.45) is 0 Å². The molecule has 0 bridgehead atoms. The number of carbonyl (C=O) groups is 2. The van der Waals surface area contributed by atoms with E-state index in [2.05, 4.69) is 5.32 Å². The standard InChI is InChI=1S/C21H21F3N2O5/c1-29-19-10-14(12-27)2-5-18(19)31-13-20(28)25-16-11-15(21(22,23)24)3-4-17(16)26-6-8-30-9-7-26/h2-5,10-12H,6-9,13H2,1H3,(H,25,28). The van der Waals surface area contributed by atoms with Gasteiger partial charge in [0, 0.05) is 18.7 Å². The summed E-state index contributed by atoms with van der Waals surface area (Å²) in [7, 11) is 1.38. The number of anilines is 2. The Bertz CT molecular complexity index is 943. The van der Waals surface area contributed by atoms with Crippen LogP contribution in [0.5, 0.6) is 11.5 Å². The number of hydrogen-bond donors (Lipinski definition) is 1. The fourth-order valence-corrected chi connectivity index (χ4v) is 3.10. The molecule has 0 aromatic heterocycles. The van der Waals surface area contributed by atoms with Crippen molar-refractivity contribution in [2.45, 2.75) is 6.18 Å². The number of ether oxygens (including phenoxy) is 3. The highest BCUT2D eigenvalue weighted by Crippen LogP contribution is 2.36. The van der Waals surface area contributed by atoms with E-state index in [1.54, 1.807) is 0 Å². The molecule has 1 heterocycles. The van der Waals surface area contributed by atoms with Crippen LogP contribution in [0, 0.1) is 0 Å². The van der Waals surface area contributed by atoms with Crippen molar-refractivity contribution in [3.05, 3.63) is 47.5 Å². The molecule has 7 nitrogen and oxygen atoms in total. The van der Waals surface area contributed by atoms with Crippen molar-refractivity contribution in [1.82, 2.24) is 0 Å². The molecule has 166 valence electrons. The molecule has 0 atom stereocenters. The number of morpholine rings is 1. The van der Waals surface area contributed by atoms with E-state index in [0.29, 0.717) is 43.8 Å². The van der Waals surface area contributed by atoms with Gasteiger partial charge >= 0.3 is 6.18 Å². The first-order valence-electron chi connectivity index (χ1n) is 9.41. The minimum absolute atomic E-state index is 0.0357. The first-order chi connectivity index (χ1) is 14.8. The average molecular weight is 438 g/mol. The van der Waals surface area contributed by atoms with E-state index in [0.717, 1.165) is 12.1 Å². The van der Waals surface area contributed by atoms with Crippen LogP contribution in [0.2, 0.25) is 0 Å². The highest BCUT2D eigenvalue weighted by atomic mass is 19.4. The fraction of sp³-hybridized carbons (Fsp3) is 0.333. The Labute approximate surface area is 176 Å². The molecular formula is C21H21F3N2O5. The molecule has 2 aromatic carbocycles. The summed E-state index contributed by atoms with van der Waals surface area (Å²) < 4.78 is 55.4. The predicted molar refractivity (Wildman–Crippen MR) is 107 cm³/mol. The molecule has 0 saturated carbocycles. The van der Waals surface area contributed by atoms with Gasteiger partial charge in [0.25, 0.3) is 5.91 Å². The summed E-state index contributed by atoms with van der Waals surface area (Å²) in [5, 5.41) is 2.51. The van der Waals surface area contributed by atoms with Gasteiger partial charge in [0.1, 0.15) is 6.29 Å². The van der Waals surface area contributed by atoms with Crippen molar-refractivity contribution in [1.29, 1.82) is 0 Å². The maximum atomic E-state index is 13.2. The Balaban J connectivity index is 1.77. The maximum Gasteiger partial charge on any atom is 0.416 e. The Morgan fingerprint density at radius 2 is 1.90 bits per heavy atom. The van der Waals surface area contributed by atoms with Crippen molar-refractivity contribution in [3.63, 3.8) is 0 Å². The molecule has 1 aliphatic rings. The molecule has 10 heteroatoms. The second kappa shape index (κ2) is 9.69. The highest BCUT2D eigenvalue weighted by Gasteiger charge is 2.32. The predicted octanol–water partition coefficient (Wildman–Crippen LogP) is 3.38. The molecule has 31 heavy (non-hydrogen) atoms. The van der Waals surface area contributed by atoms with Gasteiger partial charge in [-0.15, -0.1) is 0 Å². The molecule has 0 spiro atoms. The van der Waals surface area contributed by atoms with E-state index in [1.165, 1.54) is 31.4 Å². The van der Waals surface area contributed by atoms with E-state index >= 15 is 0 Å². The lowest BCUT2D eigenvalue weighted by molar-refractivity contribution is -0.137. The summed E-state index contributed by atoms with van der Waals surface area (Å²) in [6.45, 7) is 1.40. The second-order valence-corrected chi connectivity index (χ2v) is 6.69. The molecule has 1 saturated heterocycles. The van der Waals surface area contributed by atoms with Crippen molar-refractivity contribution < 1.29 is 37.0 Å². The lowest BCUT2D eigenvalue weighted by Gasteiger charge is -2.31. The number of alkyl halides is 3. The van der Waals surface area contributed by atoms with Crippen LogP contribution >= 0.6 is 0 Å². The number of halogens is 3. The van der Waals surface area contributed by atoms with Gasteiger partial charge in [0.05, 0.1) is 37.3 Å². The van der Waals surface area contributed by atoms with Gasteiger partial charge in [0.15, 0.2) is 18.1 Å². The number of carbonyl (C=O) groups excluding carboxylic acids is 2. The van der Waals surface area contributed by atoms with Gasteiger partial charge in [-0.05, 0) is 36.4 Å². The number of nitrogens with zero attached hydrogens (tertiary/aromatic N) is 1. The van der Waals surface area contributed by atoms with Crippen LogP contribution in [-0.2, 0) is 15.7 Å². The monoisotopic (exact) mass is 438 g/mol. The first kappa shape index (κ1) is 22.4. The Morgan fingerprint density at radius 3 is 2.55 bits per heavy atom. The van der Waals surface area contributed by atoms with E-state index < -0.39 is 24.3 Å². The third-order valence-corrected chi connectivity index (χ3v) is 4.63. The Morgan fingerprint density at radius 1 is 1.16 bits per heavy atom. The SMILES string of the molecule is COc1cc(C=O)ccc1OCC(=O)Nc1cc(C(F)(F)F)ccc1N1CCOCC1. The fourth-order valence-electron chi connectivity index (χ4n) is 3.10. The summed E-state index contributed by atoms with van der Waals surface area (Å²) in [5.41, 5.74) is 0.00535. The van der Waals surface area contributed by atoms with Crippen LogP contribution in [0.3, 0.4) is 0 Å². The molecule has 2 aromatic rings. The zero-order valence-electron chi connectivity index (χ0n) is 16.7. The molecule has 1 N–H and O–H groups in total. The lowest BCUT2D eigenvalue weighted by Crippen LogP contribution is -2.37. The summed E-state index contributed by atoms with van der Waals surface area (Å²) in [6.07, 6.45) is -3.91. The van der Waals surface area contributed by atoms with Gasteiger partial charge in [-0.1, -0.05) is 0 Å². The maximum absolute atomic E-state index is 13.2. The highest BCUT2D eigenvalue weighted by molar-refractivity contribution is 5.95. The van der Waals surface area contributed by atoms with Crippen LogP contribution in [-0.4, -0.2) is 52.2 Å². The number of methoxy groups -OCH3 is 1. The third kappa shape index (κ3) is 5.66. The smallest absolute Gasteiger partial charge is 0.416 e. The topological polar surface area (TPSA) is 77.1 Å². The molecule has 0 aliphatic carbocycles. The quantitative estimate of drug-likeness (QED) is 0.668. The number of amides is 1. The van der Waals surface area contributed by atoms with Gasteiger partial charge in [0.2, 0.25) is 0 Å². The van der Waals surface area contributed by atoms with Crippen molar-refractivity contribution in [2.75, 3.05) is 50.2 Å². The number of benzene rings is 2. The minimum atomic E-state index is -4.55. The van der Waals surface area contributed by atoms with Gasteiger partial charge in [-0.2, -0.15) is 13.2 Å². The lowest BCUT2D eigenvalue weighted by atomic mass is 10.1. The zero-order chi connectivity index (χ0) is 22.4. The molecule has 3 rings (SSSR count). The van der Waals surface area contributed by atoms with Crippen LogP contribution in [0.25, 0.3) is 0 Å². The molecule has 0 radical (unpaired) electrons. The number of rotatable bonds is 7. The van der Waals surface area contributed by atoms with Crippen LogP contribution in [0.4, 0.5) is 24.5 Å². The van der Waals surface area contributed by atoms with Crippen LogP contribution in [0.15, 0.2) is 36.4 Å². The summed E-state index contributed by atoms with van der Waals surface area (Å²) in [5.74, 6) is -0.165. The van der Waals surface area contributed by atoms with Crippen LogP contribution in [0.1, 0.15) is 15.9 Å². The van der Waals surface area contributed by atoms with Crippen LogP contribution < -0.4 is 19.7 Å². The normalized spacial score (nSPS) is 14.1. The number of hydrogen-bond acceptors (Lipinski definition) is 6. The first-order valence-corrected chi connectivity index (χ1v) is 9.41. The van der Waals surface area contributed by atoms with E-state index in [1.807, 2.05) is 4.90 Å². The van der Waals surface area contributed by atoms with Crippen molar-refractivity contribution in [3.8, 4) is 11.5 Å². The van der Waals surface area contributed by atoms with E-state index in [9.17, 15) is 22.8 Å². The summed E-state index contributed by atoms with van der Waals surface area (Å²) >= 11 is 0. The van der Waals surface area contributed by atoms with Gasteiger partial charge in [-0.3, -0.25) is 9.59 Å². The second-order valence-electron chi connectivity index (χ2n) is 6.69. The minimum Gasteiger partial charge on any atom is -0.493 e. The largest absolute Gasteiger partial charge is 0.493 e. The zero-order valence-corrected chi connectivity index (χ0v) is 16.7. The van der Waals surface area contributed by atoms with E-state index in [4.69, 9.17) is 14.2 Å². The van der Waals surface area contributed by atoms with Gasteiger partial charge in [-0.25, -0.2) is 0 Å². The van der Waals surface area contributed by atoms with E-state index in [-0.39, 0.29) is 17.2 Å². The number of nitrogens with one attached hydrogen (secondary N) is 1. The Hall–Kier alpha value is -3.27. The molecular weight excluding hydrogens is 417 g/mol. The summed E-state index contributed by atoms with van der Waals surface area (Å²) in [4.78, 5) is 25.2. The summed E-state index contributed by atoms with van der Waals surface area (Å²) in [6, 6.07) is 7.64. The molecule has 0 unspecified atom stereocenters. The van der Waals surface area contributed by atoms with Gasteiger partial charge < -0.3 is 24.4 Å². The molecule has 1 aliphatic heterocycles. The molecule has 1 amide bonds. The Kier molecular flexibility index (Phi) is 7.01. The third-order valence-electron chi connectivity index (χ3n) is 4.63. The molecule has 1 fully saturated rings. The number of aldehydes is 1.